The van der Waals surface area contributed by atoms with Crippen molar-refractivity contribution in [1.82, 2.24) is 19.7 Å². The smallest absolute Gasteiger partial charge is 0.232 e. The second-order valence-corrected chi connectivity index (χ2v) is 14.1. The number of amides is 1. The molecule has 1 amide bonds. The summed E-state index contributed by atoms with van der Waals surface area (Å²) in [7, 11) is 1.74. The zero-order valence-corrected chi connectivity index (χ0v) is 28.8. The first-order valence-corrected chi connectivity index (χ1v) is 18.2. The normalized spacial score (nSPS) is 19.6. The van der Waals surface area contributed by atoms with E-state index in [0.717, 1.165) is 101 Å². The highest BCUT2D eigenvalue weighted by molar-refractivity contribution is 5.91. The third kappa shape index (κ3) is 8.46. The SMILES string of the molecule is COc1ccncc1CN1CCC(N(CCCOCCCN2CC[C@@H](C(C(N)=O)(c3ccccc3)c3ccccc3)C2)CC2CC2)CC1. The first-order chi connectivity index (χ1) is 23.6. The highest BCUT2D eigenvalue weighted by atomic mass is 16.5. The molecule has 0 radical (unpaired) electrons. The quantitative estimate of drug-likeness (QED) is 0.185. The molecule has 1 aliphatic carbocycles. The molecule has 3 aromatic rings. The van der Waals surface area contributed by atoms with Gasteiger partial charge in [-0.15, -0.1) is 0 Å². The van der Waals surface area contributed by atoms with Crippen LogP contribution in [0.3, 0.4) is 0 Å². The Labute approximate surface area is 287 Å². The van der Waals surface area contributed by atoms with Crippen LogP contribution in [0.25, 0.3) is 0 Å². The van der Waals surface area contributed by atoms with Crippen molar-refractivity contribution in [2.75, 3.05) is 66.1 Å². The minimum atomic E-state index is -0.830. The summed E-state index contributed by atoms with van der Waals surface area (Å²) in [6, 6.07) is 22.9. The van der Waals surface area contributed by atoms with Crippen molar-refractivity contribution in [2.45, 2.75) is 62.9 Å². The van der Waals surface area contributed by atoms with E-state index in [2.05, 4.69) is 43.9 Å². The predicted octanol–water partition coefficient (Wildman–Crippen LogP) is 5.36. The van der Waals surface area contributed by atoms with Gasteiger partial charge in [-0.05, 0) is 93.6 Å². The topological polar surface area (TPSA) is 84.2 Å². The zero-order chi connectivity index (χ0) is 33.2. The molecule has 2 N–H and O–H groups in total. The Morgan fingerprint density at radius 2 is 1.56 bits per heavy atom. The predicted molar refractivity (Wildman–Crippen MR) is 191 cm³/mol. The number of primary amides is 1. The Balaban J connectivity index is 0.925. The number of likely N-dealkylation sites (tertiary alicyclic amines) is 2. The van der Waals surface area contributed by atoms with Crippen molar-refractivity contribution in [2.24, 2.45) is 17.6 Å². The van der Waals surface area contributed by atoms with Gasteiger partial charge in [0.05, 0.1) is 7.11 Å². The van der Waals surface area contributed by atoms with Crippen LogP contribution in [-0.4, -0.2) is 97.8 Å². The van der Waals surface area contributed by atoms with Crippen LogP contribution in [0.5, 0.6) is 5.75 Å². The Bertz CT molecular complexity index is 1370. The molecule has 2 saturated heterocycles. The lowest BCUT2D eigenvalue weighted by molar-refractivity contribution is -0.123. The molecule has 3 heterocycles. The summed E-state index contributed by atoms with van der Waals surface area (Å²) < 4.78 is 11.7. The lowest BCUT2D eigenvalue weighted by atomic mass is 9.64. The van der Waals surface area contributed by atoms with Crippen LogP contribution in [-0.2, 0) is 21.5 Å². The number of methoxy groups -OCH3 is 1. The Kier molecular flexibility index (Phi) is 12.2. The fourth-order valence-corrected chi connectivity index (χ4v) is 8.25. The van der Waals surface area contributed by atoms with Gasteiger partial charge in [0.15, 0.2) is 0 Å². The van der Waals surface area contributed by atoms with Crippen molar-refractivity contribution < 1.29 is 14.3 Å². The molecule has 8 heteroatoms. The molecule has 1 aromatic heterocycles. The highest BCUT2D eigenvalue weighted by Gasteiger charge is 2.49. The third-order valence-corrected chi connectivity index (χ3v) is 11.0. The number of aromatic nitrogens is 1. The zero-order valence-electron chi connectivity index (χ0n) is 28.8. The van der Waals surface area contributed by atoms with Crippen LogP contribution >= 0.6 is 0 Å². The van der Waals surface area contributed by atoms with Gasteiger partial charge in [0, 0.05) is 69.9 Å². The number of nitrogens with two attached hydrogens (primary N) is 1. The summed E-state index contributed by atoms with van der Waals surface area (Å²) >= 11 is 0. The van der Waals surface area contributed by atoms with Crippen molar-refractivity contribution >= 4 is 5.91 Å². The molecule has 6 rings (SSSR count). The maximum atomic E-state index is 13.4. The Hall–Kier alpha value is -3.30. The molecule has 48 heavy (non-hydrogen) atoms. The molecule has 0 bridgehead atoms. The molecule has 1 saturated carbocycles. The number of hydrogen-bond acceptors (Lipinski definition) is 7. The van der Waals surface area contributed by atoms with E-state index in [1.165, 1.54) is 37.8 Å². The lowest BCUT2D eigenvalue weighted by Crippen LogP contribution is -2.49. The van der Waals surface area contributed by atoms with Crippen LogP contribution in [0.4, 0.5) is 0 Å². The minimum Gasteiger partial charge on any atom is -0.496 e. The van der Waals surface area contributed by atoms with Crippen LogP contribution in [0.2, 0.25) is 0 Å². The second-order valence-electron chi connectivity index (χ2n) is 14.1. The molecule has 0 spiro atoms. The number of carbonyl (C=O) groups is 1. The number of piperidine rings is 1. The second kappa shape index (κ2) is 16.9. The van der Waals surface area contributed by atoms with Crippen molar-refractivity contribution in [3.63, 3.8) is 0 Å². The number of benzene rings is 2. The molecule has 258 valence electrons. The van der Waals surface area contributed by atoms with E-state index in [1.54, 1.807) is 13.3 Å². The average molecular weight is 654 g/mol. The summed E-state index contributed by atoms with van der Waals surface area (Å²) in [6.07, 6.45) is 12.0. The van der Waals surface area contributed by atoms with Gasteiger partial charge in [0.2, 0.25) is 5.91 Å². The van der Waals surface area contributed by atoms with E-state index in [-0.39, 0.29) is 11.8 Å². The maximum Gasteiger partial charge on any atom is 0.232 e. The maximum absolute atomic E-state index is 13.4. The molecule has 3 aliphatic rings. The molecule has 1 atom stereocenters. The van der Waals surface area contributed by atoms with Gasteiger partial charge in [-0.3, -0.25) is 19.6 Å². The fraction of sp³-hybridized carbons (Fsp3) is 0.550. The van der Waals surface area contributed by atoms with Crippen molar-refractivity contribution in [3.8, 4) is 5.75 Å². The number of nitrogens with zero attached hydrogens (tertiary/aromatic N) is 4. The molecule has 0 unspecified atom stereocenters. The summed E-state index contributed by atoms with van der Waals surface area (Å²) in [5.74, 6) is 1.69. The van der Waals surface area contributed by atoms with E-state index in [4.69, 9.17) is 15.2 Å². The number of rotatable bonds is 18. The first-order valence-electron chi connectivity index (χ1n) is 18.2. The fourth-order valence-electron chi connectivity index (χ4n) is 8.25. The molecule has 2 aliphatic heterocycles. The van der Waals surface area contributed by atoms with Crippen LogP contribution < -0.4 is 10.5 Å². The van der Waals surface area contributed by atoms with Crippen LogP contribution in [0.1, 0.15) is 61.6 Å². The molecule has 2 aromatic carbocycles. The van der Waals surface area contributed by atoms with E-state index in [9.17, 15) is 4.79 Å². The summed E-state index contributed by atoms with van der Waals surface area (Å²) in [4.78, 5) is 25.5. The lowest BCUT2D eigenvalue weighted by Gasteiger charge is -2.39. The van der Waals surface area contributed by atoms with E-state index >= 15 is 0 Å². The Morgan fingerprint density at radius 1 is 0.896 bits per heavy atom. The third-order valence-electron chi connectivity index (χ3n) is 11.0. The molecule has 8 nitrogen and oxygen atoms in total. The summed E-state index contributed by atoms with van der Waals surface area (Å²) in [6.45, 7) is 9.92. The van der Waals surface area contributed by atoms with E-state index < -0.39 is 5.41 Å². The average Bonchev–Trinajstić information content (AvgIpc) is 3.83. The molecule has 3 fully saturated rings. The monoisotopic (exact) mass is 653 g/mol. The van der Waals surface area contributed by atoms with Crippen LogP contribution in [0.15, 0.2) is 79.1 Å². The number of carbonyl (C=O) groups excluding carboxylic acids is 1. The summed E-state index contributed by atoms with van der Waals surface area (Å²) in [5, 5.41) is 0. The van der Waals surface area contributed by atoms with Gasteiger partial charge in [-0.25, -0.2) is 0 Å². The minimum absolute atomic E-state index is 0.128. The van der Waals surface area contributed by atoms with Gasteiger partial charge >= 0.3 is 0 Å². The van der Waals surface area contributed by atoms with Crippen molar-refractivity contribution in [3.05, 3.63) is 95.8 Å². The summed E-state index contributed by atoms with van der Waals surface area (Å²) in [5.41, 5.74) is 8.61. The standard InChI is InChI=1S/C40H55N5O3/c1-47-38-16-20-42-28-33(38)30-44-24-18-37(19-25-44)45(29-32-14-15-32)22-9-27-48-26-8-21-43-23-17-36(31-43)40(39(41)46,34-10-4-2-5-11-34)35-12-6-3-7-13-35/h2-7,10-13,16,20,28,32,36-37H,8-9,14-15,17-19,21-27,29-31H2,1H3,(H2,41,46)/t36-/m1/s1. The van der Waals surface area contributed by atoms with E-state index in [1.807, 2.05) is 48.7 Å². The van der Waals surface area contributed by atoms with Gasteiger partial charge in [0.25, 0.3) is 0 Å². The first kappa shape index (κ1) is 34.6. The number of pyridine rings is 1. The number of ether oxygens (including phenoxy) is 2. The van der Waals surface area contributed by atoms with Crippen LogP contribution in [0, 0.1) is 11.8 Å². The highest BCUT2D eigenvalue weighted by Crippen LogP contribution is 2.43. The van der Waals surface area contributed by atoms with Gasteiger partial charge in [-0.1, -0.05) is 60.7 Å². The van der Waals surface area contributed by atoms with Gasteiger partial charge in [-0.2, -0.15) is 0 Å². The van der Waals surface area contributed by atoms with Gasteiger partial charge in [0.1, 0.15) is 11.2 Å². The van der Waals surface area contributed by atoms with Gasteiger partial charge < -0.3 is 20.1 Å². The van der Waals surface area contributed by atoms with Crippen molar-refractivity contribution in [1.29, 1.82) is 0 Å². The van der Waals surface area contributed by atoms with E-state index in [0.29, 0.717) is 6.04 Å². The Morgan fingerprint density at radius 3 is 2.21 bits per heavy atom. The molecular weight excluding hydrogens is 598 g/mol. The largest absolute Gasteiger partial charge is 0.496 e. The molecular formula is C40H55N5O3. The number of hydrogen-bond donors (Lipinski definition) is 1.